The Bertz CT molecular complexity index is 299. The van der Waals surface area contributed by atoms with Gasteiger partial charge in [0.05, 0.1) is 6.10 Å². The maximum atomic E-state index is 10.5. The van der Waals surface area contributed by atoms with Crippen LogP contribution in [0.15, 0.2) is 11.6 Å². The highest BCUT2D eigenvalue weighted by atomic mass is 16.3. The van der Waals surface area contributed by atoms with Crippen LogP contribution in [0.3, 0.4) is 0 Å². The molecule has 2 atom stereocenters. The van der Waals surface area contributed by atoms with E-state index in [-0.39, 0.29) is 16.9 Å². The van der Waals surface area contributed by atoms with Gasteiger partial charge in [-0.15, -0.1) is 0 Å². The molecule has 2 unspecified atom stereocenters. The summed E-state index contributed by atoms with van der Waals surface area (Å²) in [7, 11) is 0. The van der Waals surface area contributed by atoms with Crippen LogP contribution in [0.4, 0.5) is 0 Å². The highest BCUT2D eigenvalue weighted by Crippen LogP contribution is 2.48. The normalized spacial score (nSPS) is 37.2. The number of aliphatic hydroxyl groups is 1. The molecule has 0 saturated heterocycles. The molecule has 0 heterocycles. The molecule has 1 nitrogen and oxygen atoms in total. The van der Waals surface area contributed by atoms with Gasteiger partial charge in [0.2, 0.25) is 0 Å². The molecule has 1 saturated carbocycles. The standard InChI is InChI=1S/C15H26O/c1-14(2)9-11-7-5-6-8-12(11)10-15(3,4)13(14)16/h9,12-13,16H,5-8,10H2,1-4H3. The Morgan fingerprint density at radius 2 is 1.88 bits per heavy atom. The van der Waals surface area contributed by atoms with Gasteiger partial charge in [0.25, 0.3) is 0 Å². The van der Waals surface area contributed by atoms with Crippen molar-refractivity contribution in [1.82, 2.24) is 0 Å². The Morgan fingerprint density at radius 1 is 1.19 bits per heavy atom. The zero-order valence-corrected chi connectivity index (χ0v) is 11.2. The number of hydrogen-bond acceptors (Lipinski definition) is 1. The van der Waals surface area contributed by atoms with E-state index in [2.05, 4.69) is 33.8 Å². The number of allylic oxidation sites excluding steroid dienone is 1. The second-order valence-corrected chi connectivity index (χ2v) is 7.08. The van der Waals surface area contributed by atoms with Crippen LogP contribution in [-0.4, -0.2) is 11.2 Å². The van der Waals surface area contributed by atoms with Crippen molar-refractivity contribution in [3.8, 4) is 0 Å². The van der Waals surface area contributed by atoms with Crippen molar-refractivity contribution in [2.24, 2.45) is 16.7 Å². The molecule has 1 N–H and O–H groups in total. The van der Waals surface area contributed by atoms with Gasteiger partial charge >= 0.3 is 0 Å². The Hall–Kier alpha value is -0.300. The number of fused-ring (bicyclic) bond motifs is 1. The van der Waals surface area contributed by atoms with Crippen LogP contribution in [0.2, 0.25) is 0 Å². The van der Waals surface area contributed by atoms with Gasteiger partial charge in [-0.3, -0.25) is 0 Å². The lowest BCUT2D eigenvalue weighted by Gasteiger charge is -2.38. The van der Waals surface area contributed by atoms with E-state index in [1.807, 2.05) is 0 Å². The second kappa shape index (κ2) is 3.87. The fraction of sp³-hybridized carbons (Fsp3) is 0.867. The molecule has 1 fully saturated rings. The average Bonchev–Trinajstić information content (AvgIpc) is 2.24. The van der Waals surface area contributed by atoms with Crippen molar-refractivity contribution in [2.75, 3.05) is 0 Å². The van der Waals surface area contributed by atoms with Gasteiger partial charge in [-0.2, -0.15) is 0 Å². The van der Waals surface area contributed by atoms with Crippen molar-refractivity contribution in [2.45, 2.75) is 65.9 Å². The van der Waals surface area contributed by atoms with Crippen LogP contribution in [0, 0.1) is 16.7 Å². The summed E-state index contributed by atoms with van der Waals surface area (Å²) in [6.07, 6.45) is 8.62. The fourth-order valence-corrected chi connectivity index (χ4v) is 3.84. The summed E-state index contributed by atoms with van der Waals surface area (Å²) >= 11 is 0. The number of aliphatic hydroxyl groups excluding tert-OH is 1. The lowest BCUT2D eigenvalue weighted by molar-refractivity contribution is -0.0242. The topological polar surface area (TPSA) is 20.2 Å². The van der Waals surface area contributed by atoms with E-state index < -0.39 is 0 Å². The number of hydrogen-bond donors (Lipinski definition) is 1. The first-order valence-electron chi connectivity index (χ1n) is 6.73. The first-order chi connectivity index (χ1) is 7.33. The van der Waals surface area contributed by atoms with E-state index in [9.17, 15) is 5.11 Å². The zero-order chi connectivity index (χ0) is 12.0. The Labute approximate surface area is 99.9 Å². The van der Waals surface area contributed by atoms with Gasteiger partial charge in [0.15, 0.2) is 0 Å². The largest absolute Gasteiger partial charge is 0.392 e. The molecule has 0 aromatic carbocycles. The average molecular weight is 222 g/mol. The quantitative estimate of drug-likeness (QED) is 0.616. The van der Waals surface area contributed by atoms with Crippen molar-refractivity contribution >= 4 is 0 Å². The summed E-state index contributed by atoms with van der Waals surface area (Å²) < 4.78 is 0. The molecule has 0 radical (unpaired) electrons. The highest BCUT2D eigenvalue weighted by Gasteiger charge is 2.43. The summed E-state index contributed by atoms with van der Waals surface area (Å²) in [5.74, 6) is 0.736. The third kappa shape index (κ3) is 2.07. The van der Waals surface area contributed by atoms with Gasteiger partial charge < -0.3 is 5.11 Å². The Kier molecular flexibility index (Phi) is 2.94. The minimum Gasteiger partial charge on any atom is -0.392 e. The van der Waals surface area contributed by atoms with E-state index >= 15 is 0 Å². The third-order valence-corrected chi connectivity index (χ3v) is 4.57. The van der Waals surface area contributed by atoms with Gasteiger partial charge in [0.1, 0.15) is 0 Å². The van der Waals surface area contributed by atoms with Crippen LogP contribution in [0.1, 0.15) is 59.8 Å². The van der Waals surface area contributed by atoms with Crippen molar-refractivity contribution in [3.05, 3.63) is 11.6 Å². The van der Waals surface area contributed by atoms with Crippen LogP contribution in [-0.2, 0) is 0 Å². The third-order valence-electron chi connectivity index (χ3n) is 4.57. The summed E-state index contributed by atoms with van der Waals surface area (Å²) in [5.41, 5.74) is 1.61. The minimum atomic E-state index is -0.224. The second-order valence-electron chi connectivity index (χ2n) is 7.08. The molecule has 92 valence electrons. The van der Waals surface area contributed by atoms with Crippen LogP contribution in [0.5, 0.6) is 0 Å². The van der Waals surface area contributed by atoms with Gasteiger partial charge in [-0.1, -0.05) is 45.8 Å². The molecular formula is C15H26O. The molecular weight excluding hydrogens is 196 g/mol. The summed E-state index contributed by atoms with van der Waals surface area (Å²) in [5, 5.41) is 10.5. The predicted octanol–water partition coefficient (Wildman–Crippen LogP) is 3.92. The lowest BCUT2D eigenvalue weighted by Crippen LogP contribution is -2.40. The zero-order valence-electron chi connectivity index (χ0n) is 11.2. The molecule has 0 aliphatic heterocycles. The molecule has 0 bridgehead atoms. The number of rotatable bonds is 0. The van der Waals surface area contributed by atoms with Gasteiger partial charge in [-0.05, 0) is 37.0 Å². The van der Waals surface area contributed by atoms with Crippen molar-refractivity contribution in [3.63, 3.8) is 0 Å². The monoisotopic (exact) mass is 222 g/mol. The molecule has 0 aromatic heterocycles. The Balaban J connectivity index is 2.36. The van der Waals surface area contributed by atoms with E-state index in [4.69, 9.17) is 0 Å². The van der Waals surface area contributed by atoms with E-state index in [1.54, 1.807) is 5.57 Å². The summed E-state index contributed by atoms with van der Waals surface area (Å²) in [6.45, 7) is 8.82. The highest BCUT2D eigenvalue weighted by molar-refractivity contribution is 5.19. The molecule has 0 amide bonds. The first kappa shape index (κ1) is 12.2. The van der Waals surface area contributed by atoms with E-state index in [0.717, 1.165) is 12.3 Å². The van der Waals surface area contributed by atoms with Gasteiger partial charge in [-0.25, -0.2) is 0 Å². The predicted molar refractivity (Wildman–Crippen MR) is 68.2 cm³/mol. The summed E-state index contributed by atoms with van der Waals surface area (Å²) in [6, 6.07) is 0. The molecule has 16 heavy (non-hydrogen) atoms. The Morgan fingerprint density at radius 3 is 2.56 bits per heavy atom. The van der Waals surface area contributed by atoms with E-state index in [0.29, 0.717) is 0 Å². The summed E-state index contributed by atoms with van der Waals surface area (Å²) in [4.78, 5) is 0. The van der Waals surface area contributed by atoms with Crippen LogP contribution in [0.25, 0.3) is 0 Å². The molecule has 2 aliphatic rings. The molecule has 1 heteroatoms. The van der Waals surface area contributed by atoms with E-state index in [1.165, 1.54) is 25.7 Å². The maximum absolute atomic E-state index is 10.5. The van der Waals surface area contributed by atoms with Gasteiger partial charge in [0, 0.05) is 5.41 Å². The molecule has 0 aromatic rings. The fourth-order valence-electron chi connectivity index (χ4n) is 3.84. The minimum absolute atomic E-state index is 0.0454. The van der Waals surface area contributed by atoms with Crippen molar-refractivity contribution < 1.29 is 5.11 Å². The lowest BCUT2D eigenvalue weighted by atomic mass is 9.70. The van der Waals surface area contributed by atoms with Crippen LogP contribution < -0.4 is 0 Å². The first-order valence-corrected chi connectivity index (χ1v) is 6.73. The SMILES string of the molecule is CC1(C)C=C2CCCCC2CC(C)(C)C1O. The molecule has 0 spiro atoms. The maximum Gasteiger partial charge on any atom is 0.0676 e. The van der Waals surface area contributed by atoms with Crippen molar-refractivity contribution in [1.29, 1.82) is 0 Å². The van der Waals surface area contributed by atoms with Crippen LogP contribution >= 0.6 is 0 Å². The smallest absolute Gasteiger partial charge is 0.0676 e. The molecule has 2 rings (SSSR count). The molecule has 2 aliphatic carbocycles.